The van der Waals surface area contributed by atoms with E-state index in [9.17, 15) is 37.2 Å². The number of esters is 1. The third-order valence-electron chi connectivity index (χ3n) is 5.80. The molecule has 3 rings (SSSR count). The molecule has 2 amide bonds. The number of nitrogens with zero attached hydrogens (tertiary/aromatic N) is 2. The fourth-order valence-corrected chi connectivity index (χ4v) is 4.03. The van der Waals surface area contributed by atoms with Crippen LogP contribution in [0.2, 0.25) is 0 Å². The summed E-state index contributed by atoms with van der Waals surface area (Å²) < 4.78 is 57.3. The maximum Gasteiger partial charge on any atom is 0.416 e. The van der Waals surface area contributed by atoms with Crippen molar-refractivity contribution in [1.29, 1.82) is 5.26 Å². The minimum absolute atomic E-state index is 0.0117. The maximum atomic E-state index is 13.9. The van der Waals surface area contributed by atoms with Crippen LogP contribution in [0.4, 0.5) is 17.6 Å². The van der Waals surface area contributed by atoms with Crippen LogP contribution in [0.1, 0.15) is 54.2 Å². The predicted octanol–water partition coefficient (Wildman–Crippen LogP) is 4.31. The lowest BCUT2D eigenvalue weighted by molar-refractivity contribution is -0.154. The van der Waals surface area contributed by atoms with Gasteiger partial charge in [0, 0.05) is 24.7 Å². The number of ether oxygens (including phenoxy) is 1. The first kappa shape index (κ1) is 29.4. The van der Waals surface area contributed by atoms with Crippen LogP contribution >= 0.6 is 0 Å². The van der Waals surface area contributed by atoms with E-state index in [-0.39, 0.29) is 25.1 Å². The van der Waals surface area contributed by atoms with E-state index in [0.29, 0.717) is 41.8 Å². The van der Waals surface area contributed by atoms with Gasteiger partial charge in [0.2, 0.25) is 11.8 Å². The minimum Gasteiger partial charge on any atom is -0.460 e. The van der Waals surface area contributed by atoms with E-state index < -0.39 is 40.9 Å². The molecule has 1 aliphatic heterocycles. The summed E-state index contributed by atoms with van der Waals surface area (Å²) in [6, 6.07) is 7.49. The molecule has 39 heavy (non-hydrogen) atoms. The van der Waals surface area contributed by atoms with Gasteiger partial charge in [0.1, 0.15) is 11.4 Å². The molecule has 206 valence electrons. The number of benzene rings is 2. The van der Waals surface area contributed by atoms with Crippen molar-refractivity contribution >= 4 is 23.9 Å². The Labute approximate surface area is 223 Å². The number of nitriles is 1. The molecule has 0 atom stereocenters. The van der Waals surface area contributed by atoms with Crippen molar-refractivity contribution in [2.24, 2.45) is 0 Å². The molecule has 0 aliphatic carbocycles. The second-order valence-corrected chi connectivity index (χ2v) is 10.0. The Kier molecular flexibility index (Phi) is 8.79. The number of halogens is 4. The fraction of sp³-hybridized carbons (Fsp3) is 0.357. The van der Waals surface area contributed by atoms with Crippen LogP contribution in [0.5, 0.6) is 0 Å². The molecular weight excluding hydrogens is 518 g/mol. The second-order valence-electron chi connectivity index (χ2n) is 10.0. The first-order chi connectivity index (χ1) is 18.2. The normalized spacial score (nSPS) is 13.5. The Morgan fingerprint density at radius 3 is 2.49 bits per heavy atom. The molecule has 1 aliphatic rings. The molecule has 0 fully saturated rings. The number of hydrogen-bond acceptors (Lipinski definition) is 5. The number of rotatable bonds is 6. The summed E-state index contributed by atoms with van der Waals surface area (Å²) in [5.74, 6) is -2.70. The summed E-state index contributed by atoms with van der Waals surface area (Å²) >= 11 is 0. The Bertz CT molecular complexity index is 1350. The van der Waals surface area contributed by atoms with Crippen molar-refractivity contribution in [3.05, 3.63) is 75.6 Å². The van der Waals surface area contributed by atoms with Gasteiger partial charge in [-0.2, -0.15) is 18.4 Å². The van der Waals surface area contributed by atoms with Crippen molar-refractivity contribution in [1.82, 2.24) is 10.2 Å². The van der Waals surface area contributed by atoms with Gasteiger partial charge in [-0.15, -0.1) is 0 Å². The van der Waals surface area contributed by atoms with E-state index in [0.717, 1.165) is 23.8 Å². The fourth-order valence-electron chi connectivity index (χ4n) is 4.03. The van der Waals surface area contributed by atoms with Gasteiger partial charge >= 0.3 is 12.1 Å². The lowest BCUT2D eigenvalue weighted by Crippen LogP contribution is -2.42. The van der Waals surface area contributed by atoms with E-state index in [1.165, 1.54) is 4.90 Å². The Morgan fingerprint density at radius 2 is 1.87 bits per heavy atom. The summed E-state index contributed by atoms with van der Waals surface area (Å²) in [5.41, 5.74) is 0.503. The molecule has 0 unspecified atom stereocenters. The average molecular weight is 546 g/mol. The van der Waals surface area contributed by atoms with Crippen LogP contribution in [0.25, 0.3) is 6.08 Å². The Balaban J connectivity index is 1.59. The van der Waals surface area contributed by atoms with Gasteiger partial charge in [0.25, 0.3) is 0 Å². The molecule has 1 heterocycles. The van der Waals surface area contributed by atoms with Gasteiger partial charge in [-0.05, 0) is 68.2 Å². The molecule has 0 radical (unpaired) electrons. The molecular formula is C28H27F4N3O4. The molecule has 0 saturated heterocycles. The van der Waals surface area contributed by atoms with Gasteiger partial charge < -0.3 is 15.0 Å². The molecule has 1 N–H and O–H groups in total. The largest absolute Gasteiger partial charge is 0.460 e. The van der Waals surface area contributed by atoms with Crippen molar-refractivity contribution in [2.75, 3.05) is 13.1 Å². The predicted molar refractivity (Wildman–Crippen MR) is 133 cm³/mol. The minimum atomic E-state index is -4.69. The van der Waals surface area contributed by atoms with E-state index in [2.05, 4.69) is 11.4 Å². The highest BCUT2D eigenvalue weighted by Crippen LogP contribution is 2.30. The van der Waals surface area contributed by atoms with Crippen molar-refractivity contribution < 1.29 is 36.7 Å². The van der Waals surface area contributed by atoms with Crippen molar-refractivity contribution in [2.45, 2.75) is 51.9 Å². The molecule has 2 aromatic rings. The van der Waals surface area contributed by atoms with Gasteiger partial charge in [-0.1, -0.05) is 12.1 Å². The summed E-state index contributed by atoms with van der Waals surface area (Å²) in [7, 11) is 0. The summed E-state index contributed by atoms with van der Waals surface area (Å²) in [4.78, 5) is 38.5. The van der Waals surface area contributed by atoms with Crippen LogP contribution < -0.4 is 5.32 Å². The Hall–Kier alpha value is -4.20. The standard InChI is InChI=1S/C28H27F4N3O4/c1-27(2,3)39-26(38)12-17-10-19-8-9-35(16-22(19)20(11-17)14-33)25(37)15-34-24(36)7-5-18-4-6-21(13-23(18)29)28(30,31)32/h4-7,10-11,13H,8-9,12,15-16H2,1-3H3,(H,34,36)/b7-5+. The molecule has 0 spiro atoms. The summed E-state index contributed by atoms with van der Waals surface area (Å²) in [6.45, 7) is 5.40. The highest BCUT2D eigenvalue weighted by molar-refractivity contribution is 5.94. The SMILES string of the molecule is CC(C)(C)OC(=O)Cc1cc(C#N)c2c(c1)CCN(C(=O)CNC(=O)/C=C/c1ccc(C(F)(F)F)cc1F)C2. The van der Waals surface area contributed by atoms with Gasteiger partial charge in [0.05, 0.1) is 30.2 Å². The quantitative estimate of drug-likeness (QED) is 0.331. The molecule has 0 saturated carbocycles. The maximum absolute atomic E-state index is 13.9. The zero-order valence-electron chi connectivity index (χ0n) is 21.6. The number of carbonyl (C=O) groups is 3. The van der Waals surface area contributed by atoms with Crippen LogP contribution in [-0.2, 0) is 44.7 Å². The number of amides is 2. The van der Waals surface area contributed by atoms with Crippen LogP contribution in [0, 0.1) is 17.1 Å². The lowest BCUT2D eigenvalue weighted by atomic mass is 9.92. The first-order valence-electron chi connectivity index (χ1n) is 12.0. The van der Waals surface area contributed by atoms with Crippen LogP contribution in [-0.4, -0.2) is 41.4 Å². The molecule has 11 heteroatoms. The van der Waals surface area contributed by atoms with E-state index >= 15 is 0 Å². The van der Waals surface area contributed by atoms with Gasteiger partial charge in [-0.25, -0.2) is 4.39 Å². The third kappa shape index (κ3) is 8.14. The number of carbonyl (C=O) groups excluding carboxylic acids is 3. The zero-order chi connectivity index (χ0) is 29.0. The smallest absolute Gasteiger partial charge is 0.416 e. The van der Waals surface area contributed by atoms with Crippen molar-refractivity contribution in [3.63, 3.8) is 0 Å². The molecule has 7 nitrogen and oxygen atoms in total. The zero-order valence-corrected chi connectivity index (χ0v) is 21.6. The monoisotopic (exact) mass is 545 g/mol. The van der Waals surface area contributed by atoms with E-state index in [4.69, 9.17) is 4.74 Å². The number of hydrogen-bond donors (Lipinski definition) is 1. The second kappa shape index (κ2) is 11.7. The van der Waals surface area contributed by atoms with Gasteiger partial charge in [0.15, 0.2) is 0 Å². The van der Waals surface area contributed by atoms with Crippen LogP contribution in [0.3, 0.4) is 0 Å². The summed E-state index contributed by atoms with van der Waals surface area (Å²) in [6.07, 6.45) is -2.30. The van der Waals surface area contributed by atoms with Gasteiger partial charge in [-0.3, -0.25) is 14.4 Å². The molecule has 0 aromatic heterocycles. The highest BCUT2D eigenvalue weighted by atomic mass is 19.4. The third-order valence-corrected chi connectivity index (χ3v) is 5.80. The number of alkyl halides is 3. The van der Waals surface area contributed by atoms with Crippen molar-refractivity contribution in [3.8, 4) is 6.07 Å². The average Bonchev–Trinajstić information content (AvgIpc) is 2.83. The summed E-state index contributed by atoms with van der Waals surface area (Å²) in [5, 5.41) is 12.0. The van der Waals surface area contributed by atoms with Crippen LogP contribution in [0.15, 0.2) is 36.4 Å². The number of nitrogens with one attached hydrogen (secondary N) is 1. The highest BCUT2D eigenvalue weighted by Gasteiger charge is 2.31. The lowest BCUT2D eigenvalue weighted by Gasteiger charge is -2.30. The van der Waals surface area contributed by atoms with E-state index in [1.807, 2.05) is 6.07 Å². The molecule has 0 bridgehead atoms. The Morgan fingerprint density at radius 1 is 1.15 bits per heavy atom. The molecule has 2 aromatic carbocycles. The van der Waals surface area contributed by atoms with E-state index in [1.54, 1.807) is 26.8 Å². The topological polar surface area (TPSA) is 99.5 Å². The first-order valence-corrected chi connectivity index (χ1v) is 12.0. The number of fused-ring (bicyclic) bond motifs is 1.